The Hall–Kier alpha value is -3.96. The van der Waals surface area contributed by atoms with Crippen molar-refractivity contribution in [2.75, 3.05) is 45.1 Å². The highest BCUT2D eigenvalue weighted by Gasteiger charge is 2.25. The summed E-state index contributed by atoms with van der Waals surface area (Å²) >= 11 is 0. The number of hydrogen-bond acceptors (Lipinski definition) is 9. The number of ether oxygens (including phenoxy) is 4. The Balaban J connectivity index is 2.34. The van der Waals surface area contributed by atoms with Gasteiger partial charge in [0.1, 0.15) is 5.82 Å². The van der Waals surface area contributed by atoms with Crippen LogP contribution in [0.3, 0.4) is 0 Å². The summed E-state index contributed by atoms with van der Waals surface area (Å²) in [5.41, 5.74) is 4.59. The molecule has 0 aliphatic heterocycles. The number of carbonyl (C=O) groups is 2. The highest BCUT2D eigenvalue weighted by Crippen LogP contribution is 2.38. The number of aromatic amines is 1. The van der Waals surface area contributed by atoms with Crippen LogP contribution in [-0.4, -0.2) is 55.9 Å². The molecule has 0 fully saturated rings. The zero-order valence-corrected chi connectivity index (χ0v) is 20.6. The molecule has 0 spiro atoms. The van der Waals surface area contributed by atoms with Gasteiger partial charge in [0.25, 0.3) is 11.5 Å². The predicted molar refractivity (Wildman–Crippen MR) is 130 cm³/mol. The van der Waals surface area contributed by atoms with Gasteiger partial charge in [-0.3, -0.25) is 19.1 Å². The summed E-state index contributed by atoms with van der Waals surface area (Å²) < 4.78 is 22.1. The van der Waals surface area contributed by atoms with Crippen LogP contribution in [0.25, 0.3) is 0 Å². The third-order valence-corrected chi connectivity index (χ3v) is 5.19. The van der Waals surface area contributed by atoms with Gasteiger partial charge in [0, 0.05) is 13.1 Å². The lowest BCUT2D eigenvalue weighted by atomic mass is 10.2. The zero-order valence-electron chi connectivity index (χ0n) is 20.6. The Morgan fingerprint density at radius 3 is 2.17 bits per heavy atom. The van der Waals surface area contributed by atoms with Crippen molar-refractivity contribution >= 4 is 23.4 Å². The van der Waals surface area contributed by atoms with Crippen LogP contribution in [0.15, 0.2) is 21.7 Å². The van der Waals surface area contributed by atoms with Gasteiger partial charge in [-0.1, -0.05) is 20.3 Å². The first-order valence-electron chi connectivity index (χ1n) is 11.1. The molecule has 1 aromatic carbocycles. The SMILES string of the molecule is CCCCN(C(=O)COC(=O)c1cc(OC)c(OC)c(OC)c1)c1c(N)n(CCC)c(=O)[nH]c1=O. The second-order valence-corrected chi connectivity index (χ2v) is 7.53. The number of nitrogens with two attached hydrogens (primary N) is 1. The van der Waals surface area contributed by atoms with E-state index < -0.39 is 29.7 Å². The molecule has 1 heterocycles. The Bertz CT molecular complexity index is 1150. The number of rotatable bonds is 12. The topological polar surface area (TPSA) is 155 Å². The lowest BCUT2D eigenvalue weighted by molar-refractivity contribution is -0.121. The standard InChI is InChI=1S/C23H32N4O8/c1-6-8-10-26(18-20(24)27(9-7-2)23(31)25-21(18)29)17(28)13-35-22(30)14-11-15(32-3)19(34-5)16(12-14)33-4/h11-12H,6-10,13,24H2,1-5H3,(H,25,29,31). The van der Waals surface area contributed by atoms with E-state index in [1.807, 2.05) is 13.8 Å². The van der Waals surface area contributed by atoms with Crippen LogP contribution in [0.5, 0.6) is 17.2 Å². The first kappa shape index (κ1) is 27.3. The minimum atomic E-state index is -0.814. The van der Waals surface area contributed by atoms with E-state index >= 15 is 0 Å². The molecule has 1 aromatic heterocycles. The number of nitrogen functional groups attached to an aromatic ring is 1. The number of H-pyrrole nitrogens is 1. The van der Waals surface area contributed by atoms with Crippen LogP contribution in [0.2, 0.25) is 0 Å². The van der Waals surface area contributed by atoms with E-state index in [1.54, 1.807) is 0 Å². The van der Waals surface area contributed by atoms with Crippen molar-refractivity contribution in [3.63, 3.8) is 0 Å². The third kappa shape index (κ3) is 6.14. The van der Waals surface area contributed by atoms with Crippen molar-refractivity contribution in [1.82, 2.24) is 9.55 Å². The average Bonchev–Trinajstić information content (AvgIpc) is 2.85. The number of benzene rings is 1. The van der Waals surface area contributed by atoms with Gasteiger partial charge in [-0.25, -0.2) is 9.59 Å². The van der Waals surface area contributed by atoms with Gasteiger partial charge < -0.3 is 29.6 Å². The van der Waals surface area contributed by atoms with Gasteiger partial charge in [0.05, 0.1) is 26.9 Å². The van der Waals surface area contributed by atoms with Crippen molar-refractivity contribution in [2.24, 2.45) is 0 Å². The number of esters is 1. The fourth-order valence-electron chi connectivity index (χ4n) is 3.45. The fourth-order valence-corrected chi connectivity index (χ4v) is 3.45. The van der Waals surface area contributed by atoms with Crippen molar-refractivity contribution < 1.29 is 28.5 Å². The number of carbonyl (C=O) groups excluding carboxylic acids is 2. The Morgan fingerprint density at radius 2 is 1.66 bits per heavy atom. The van der Waals surface area contributed by atoms with Gasteiger partial charge in [-0.15, -0.1) is 0 Å². The zero-order chi connectivity index (χ0) is 26.1. The Kier molecular flexibility index (Phi) is 9.74. The van der Waals surface area contributed by atoms with E-state index in [9.17, 15) is 19.2 Å². The lowest BCUT2D eigenvalue weighted by Gasteiger charge is -2.24. The van der Waals surface area contributed by atoms with Gasteiger partial charge in [-0.2, -0.15) is 0 Å². The lowest BCUT2D eigenvalue weighted by Crippen LogP contribution is -2.43. The van der Waals surface area contributed by atoms with Crippen LogP contribution in [0, 0.1) is 0 Å². The van der Waals surface area contributed by atoms with Crippen molar-refractivity contribution in [3.05, 3.63) is 38.5 Å². The molecule has 0 aliphatic rings. The van der Waals surface area contributed by atoms with E-state index in [1.165, 1.54) is 38.0 Å². The molecule has 192 valence electrons. The predicted octanol–water partition coefficient (Wildman–Crippen LogP) is 1.54. The molecule has 0 saturated heterocycles. The number of anilines is 2. The second-order valence-electron chi connectivity index (χ2n) is 7.53. The normalized spacial score (nSPS) is 10.5. The first-order chi connectivity index (χ1) is 16.7. The highest BCUT2D eigenvalue weighted by molar-refractivity contribution is 5.99. The van der Waals surface area contributed by atoms with E-state index in [0.29, 0.717) is 18.6 Å². The molecule has 12 nitrogen and oxygen atoms in total. The van der Waals surface area contributed by atoms with Gasteiger partial charge in [-0.05, 0) is 25.0 Å². The molecule has 0 bridgehead atoms. The molecule has 1 amide bonds. The van der Waals surface area contributed by atoms with Crippen LogP contribution in [0.4, 0.5) is 11.5 Å². The number of nitrogens with one attached hydrogen (secondary N) is 1. The number of unbranched alkanes of at least 4 members (excludes halogenated alkanes) is 1. The van der Waals surface area contributed by atoms with Gasteiger partial charge >= 0.3 is 11.7 Å². The van der Waals surface area contributed by atoms with Crippen LogP contribution in [-0.2, 0) is 16.1 Å². The monoisotopic (exact) mass is 492 g/mol. The molecule has 0 atom stereocenters. The summed E-state index contributed by atoms with van der Waals surface area (Å²) in [5.74, 6) is -0.824. The fraction of sp³-hybridized carbons (Fsp3) is 0.478. The molecule has 0 saturated carbocycles. The highest BCUT2D eigenvalue weighted by atomic mass is 16.5. The van der Waals surface area contributed by atoms with Crippen LogP contribution in [0.1, 0.15) is 43.5 Å². The Morgan fingerprint density at radius 1 is 1.03 bits per heavy atom. The maximum absolute atomic E-state index is 13.1. The van der Waals surface area contributed by atoms with Crippen molar-refractivity contribution in [1.29, 1.82) is 0 Å². The van der Waals surface area contributed by atoms with E-state index in [2.05, 4.69) is 4.98 Å². The smallest absolute Gasteiger partial charge is 0.338 e. The summed E-state index contributed by atoms with van der Waals surface area (Å²) in [6.45, 7) is 3.51. The molecule has 12 heteroatoms. The maximum Gasteiger partial charge on any atom is 0.338 e. The van der Waals surface area contributed by atoms with Crippen LogP contribution < -0.4 is 36.1 Å². The molecule has 0 radical (unpaired) electrons. The molecule has 2 rings (SSSR count). The number of nitrogens with zero attached hydrogens (tertiary/aromatic N) is 2. The molecule has 35 heavy (non-hydrogen) atoms. The number of methoxy groups -OCH3 is 3. The first-order valence-corrected chi connectivity index (χ1v) is 11.1. The Labute approximate surface area is 202 Å². The van der Waals surface area contributed by atoms with E-state index in [4.69, 9.17) is 24.7 Å². The minimum absolute atomic E-state index is 0.0706. The minimum Gasteiger partial charge on any atom is -0.493 e. The molecule has 3 N–H and O–H groups in total. The molecule has 2 aromatic rings. The number of aromatic nitrogens is 2. The molecular weight excluding hydrogens is 460 g/mol. The average molecular weight is 493 g/mol. The maximum atomic E-state index is 13.1. The van der Waals surface area contributed by atoms with E-state index in [-0.39, 0.29) is 41.7 Å². The molecule has 0 aliphatic carbocycles. The quantitative estimate of drug-likeness (QED) is 0.420. The van der Waals surface area contributed by atoms with Crippen LogP contribution >= 0.6 is 0 Å². The van der Waals surface area contributed by atoms with Crippen molar-refractivity contribution in [2.45, 2.75) is 39.7 Å². The molecular formula is C23H32N4O8. The summed E-state index contributed by atoms with van der Waals surface area (Å²) in [6.07, 6.45) is 1.87. The number of amides is 1. The third-order valence-electron chi connectivity index (χ3n) is 5.19. The van der Waals surface area contributed by atoms with E-state index in [0.717, 1.165) is 11.3 Å². The summed E-state index contributed by atoms with van der Waals surface area (Å²) in [7, 11) is 4.24. The largest absolute Gasteiger partial charge is 0.493 e. The second kappa shape index (κ2) is 12.5. The van der Waals surface area contributed by atoms with Gasteiger partial charge in [0.2, 0.25) is 5.75 Å². The summed E-state index contributed by atoms with van der Waals surface area (Å²) in [4.78, 5) is 53.9. The molecule has 0 unspecified atom stereocenters. The number of hydrogen-bond donors (Lipinski definition) is 2. The summed E-state index contributed by atoms with van der Waals surface area (Å²) in [5, 5.41) is 0. The van der Waals surface area contributed by atoms with Gasteiger partial charge in [0.15, 0.2) is 23.8 Å². The van der Waals surface area contributed by atoms with Crippen molar-refractivity contribution in [3.8, 4) is 17.2 Å². The summed E-state index contributed by atoms with van der Waals surface area (Å²) in [6, 6.07) is 2.79.